The second-order valence-electron chi connectivity index (χ2n) is 3.73. The van der Waals surface area contributed by atoms with Crippen LogP contribution in [0.2, 0.25) is 0 Å². The van der Waals surface area contributed by atoms with Crippen LogP contribution in [0.3, 0.4) is 0 Å². The van der Waals surface area contributed by atoms with Crippen molar-refractivity contribution in [1.29, 1.82) is 0 Å². The standard InChI is InChI=1S/C12H16N2O5/c1-18-9-4-3-8(7-10(9)19-2)5-6-14(17)12(16)11(13)15/h3-4,7,17H,5-6H2,1-2H3,(H2,13,15). The zero-order chi connectivity index (χ0) is 14.4. The summed E-state index contributed by atoms with van der Waals surface area (Å²) in [6, 6.07) is 5.21. The smallest absolute Gasteiger partial charge is 0.334 e. The highest BCUT2D eigenvalue weighted by Crippen LogP contribution is 2.27. The number of hydrogen-bond acceptors (Lipinski definition) is 5. The Hall–Kier alpha value is -2.28. The van der Waals surface area contributed by atoms with Crippen molar-refractivity contribution in [3.8, 4) is 11.5 Å². The van der Waals surface area contributed by atoms with E-state index in [1.807, 2.05) is 0 Å². The van der Waals surface area contributed by atoms with Crippen LogP contribution in [0, 0.1) is 0 Å². The molecule has 0 bridgehead atoms. The fraction of sp³-hybridized carbons (Fsp3) is 0.333. The highest BCUT2D eigenvalue weighted by atomic mass is 16.5. The number of benzene rings is 1. The molecular formula is C12H16N2O5. The Labute approximate surface area is 110 Å². The van der Waals surface area contributed by atoms with E-state index in [2.05, 4.69) is 0 Å². The maximum Gasteiger partial charge on any atom is 0.334 e. The van der Waals surface area contributed by atoms with E-state index in [-0.39, 0.29) is 6.54 Å². The minimum Gasteiger partial charge on any atom is -0.493 e. The third-order valence-corrected chi connectivity index (χ3v) is 2.51. The summed E-state index contributed by atoms with van der Waals surface area (Å²) < 4.78 is 10.2. The number of amides is 2. The normalized spacial score (nSPS) is 9.84. The maximum atomic E-state index is 11.0. The van der Waals surface area contributed by atoms with E-state index in [1.54, 1.807) is 18.2 Å². The van der Waals surface area contributed by atoms with Crippen LogP contribution < -0.4 is 15.2 Å². The predicted octanol–water partition coefficient (Wildman–Crippen LogP) is -0.0506. The van der Waals surface area contributed by atoms with E-state index in [9.17, 15) is 14.8 Å². The molecule has 19 heavy (non-hydrogen) atoms. The molecule has 0 saturated carbocycles. The molecule has 7 nitrogen and oxygen atoms in total. The van der Waals surface area contributed by atoms with E-state index in [1.165, 1.54) is 14.2 Å². The molecule has 7 heteroatoms. The molecule has 1 rings (SSSR count). The molecule has 0 spiro atoms. The lowest BCUT2D eigenvalue weighted by Crippen LogP contribution is -2.39. The summed E-state index contributed by atoms with van der Waals surface area (Å²) in [5.41, 5.74) is 5.58. The fourth-order valence-corrected chi connectivity index (χ4v) is 1.50. The molecule has 104 valence electrons. The first kappa shape index (κ1) is 14.8. The summed E-state index contributed by atoms with van der Waals surface area (Å²) in [5, 5.41) is 9.59. The minimum atomic E-state index is -1.20. The number of carbonyl (C=O) groups is 2. The van der Waals surface area contributed by atoms with Crippen molar-refractivity contribution >= 4 is 11.8 Å². The molecule has 0 aliphatic heterocycles. The Morgan fingerprint density at radius 2 is 1.89 bits per heavy atom. The molecule has 1 aromatic rings. The van der Waals surface area contributed by atoms with Crippen molar-refractivity contribution in [2.75, 3.05) is 20.8 Å². The van der Waals surface area contributed by atoms with Crippen LogP contribution in [0.1, 0.15) is 5.56 Å². The highest BCUT2D eigenvalue weighted by molar-refractivity contribution is 6.33. The second-order valence-corrected chi connectivity index (χ2v) is 3.73. The van der Waals surface area contributed by atoms with Crippen LogP contribution in [0.4, 0.5) is 0 Å². The van der Waals surface area contributed by atoms with Gasteiger partial charge in [-0.15, -0.1) is 0 Å². The molecule has 0 aromatic heterocycles. The average Bonchev–Trinajstić information content (AvgIpc) is 2.43. The topological polar surface area (TPSA) is 102 Å². The lowest BCUT2D eigenvalue weighted by Gasteiger charge is -2.13. The SMILES string of the molecule is COc1ccc(CCN(O)C(=O)C(N)=O)cc1OC. The molecule has 0 saturated heterocycles. The first-order valence-corrected chi connectivity index (χ1v) is 5.50. The van der Waals surface area contributed by atoms with Gasteiger partial charge in [0, 0.05) is 0 Å². The Morgan fingerprint density at radius 1 is 1.26 bits per heavy atom. The van der Waals surface area contributed by atoms with Gasteiger partial charge in [0.05, 0.1) is 20.8 Å². The molecule has 2 amide bonds. The Bertz CT molecular complexity index is 475. The zero-order valence-electron chi connectivity index (χ0n) is 10.8. The number of nitrogens with two attached hydrogens (primary N) is 1. The molecule has 1 aromatic carbocycles. The maximum absolute atomic E-state index is 11.0. The third kappa shape index (κ3) is 3.85. The van der Waals surface area contributed by atoms with Crippen molar-refractivity contribution in [1.82, 2.24) is 5.06 Å². The summed E-state index contributed by atoms with van der Waals surface area (Å²) in [6.07, 6.45) is 0.343. The fourth-order valence-electron chi connectivity index (χ4n) is 1.50. The van der Waals surface area contributed by atoms with Crippen molar-refractivity contribution < 1.29 is 24.3 Å². The molecule has 0 radical (unpaired) electrons. The summed E-state index contributed by atoms with van der Waals surface area (Å²) >= 11 is 0. The van der Waals surface area contributed by atoms with E-state index < -0.39 is 11.8 Å². The van der Waals surface area contributed by atoms with E-state index in [0.29, 0.717) is 23.0 Å². The quantitative estimate of drug-likeness (QED) is 0.443. The number of hydroxylamine groups is 2. The number of methoxy groups -OCH3 is 2. The van der Waals surface area contributed by atoms with E-state index >= 15 is 0 Å². The minimum absolute atomic E-state index is 0.0444. The van der Waals surface area contributed by atoms with Crippen LogP contribution in [0.25, 0.3) is 0 Å². The van der Waals surface area contributed by atoms with Crippen LogP contribution in [0.5, 0.6) is 11.5 Å². The van der Waals surface area contributed by atoms with Crippen LogP contribution in [-0.4, -0.2) is 42.8 Å². The molecule has 0 fully saturated rings. The van der Waals surface area contributed by atoms with Gasteiger partial charge in [0.1, 0.15) is 0 Å². The number of carbonyl (C=O) groups excluding carboxylic acids is 2. The number of hydrogen-bond donors (Lipinski definition) is 2. The monoisotopic (exact) mass is 268 g/mol. The Morgan fingerprint density at radius 3 is 2.42 bits per heavy atom. The van der Waals surface area contributed by atoms with Crippen LogP contribution in [0.15, 0.2) is 18.2 Å². The summed E-state index contributed by atoms with van der Waals surface area (Å²) in [6.45, 7) is -0.0444. The van der Waals surface area contributed by atoms with Crippen LogP contribution in [-0.2, 0) is 16.0 Å². The summed E-state index contributed by atoms with van der Waals surface area (Å²) in [7, 11) is 3.04. The third-order valence-electron chi connectivity index (χ3n) is 2.51. The number of primary amides is 1. The van der Waals surface area contributed by atoms with Gasteiger partial charge in [0.25, 0.3) is 0 Å². The van der Waals surface area contributed by atoms with Gasteiger partial charge < -0.3 is 15.2 Å². The summed E-state index contributed by atoms with van der Waals surface area (Å²) in [4.78, 5) is 21.6. The zero-order valence-corrected chi connectivity index (χ0v) is 10.8. The summed E-state index contributed by atoms with van der Waals surface area (Å²) in [5.74, 6) is -1.21. The van der Waals surface area contributed by atoms with Gasteiger partial charge in [-0.05, 0) is 24.1 Å². The van der Waals surface area contributed by atoms with Crippen LogP contribution >= 0.6 is 0 Å². The van der Waals surface area contributed by atoms with Gasteiger partial charge in [0.15, 0.2) is 11.5 Å². The molecule has 0 aliphatic carbocycles. The molecule has 0 heterocycles. The predicted molar refractivity (Wildman–Crippen MR) is 65.9 cm³/mol. The van der Waals surface area contributed by atoms with Crippen molar-refractivity contribution in [3.63, 3.8) is 0 Å². The van der Waals surface area contributed by atoms with Gasteiger partial charge in [-0.1, -0.05) is 6.07 Å². The molecule has 3 N–H and O–H groups in total. The first-order valence-electron chi connectivity index (χ1n) is 5.50. The Balaban J connectivity index is 2.68. The molecular weight excluding hydrogens is 252 g/mol. The highest BCUT2D eigenvalue weighted by Gasteiger charge is 2.16. The van der Waals surface area contributed by atoms with E-state index in [0.717, 1.165) is 5.56 Å². The lowest BCUT2D eigenvalue weighted by atomic mass is 10.1. The number of nitrogens with zero attached hydrogens (tertiary/aromatic N) is 1. The molecule has 0 aliphatic rings. The number of rotatable bonds is 5. The number of ether oxygens (including phenoxy) is 2. The second kappa shape index (κ2) is 6.60. The van der Waals surface area contributed by atoms with Gasteiger partial charge in [-0.3, -0.25) is 14.8 Å². The van der Waals surface area contributed by atoms with Crippen molar-refractivity contribution in [2.45, 2.75) is 6.42 Å². The van der Waals surface area contributed by atoms with Gasteiger partial charge >= 0.3 is 11.8 Å². The van der Waals surface area contributed by atoms with Crippen molar-refractivity contribution in [3.05, 3.63) is 23.8 Å². The van der Waals surface area contributed by atoms with Crippen molar-refractivity contribution in [2.24, 2.45) is 5.73 Å². The van der Waals surface area contributed by atoms with E-state index in [4.69, 9.17) is 15.2 Å². The Kier molecular flexibility index (Phi) is 5.13. The van der Waals surface area contributed by atoms with Gasteiger partial charge in [-0.25, -0.2) is 5.06 Å². The molecule has 0 unspecified atom stereocenters. The largest absolute Gasteiger partial charge is 0.493 e. The lowest BCUT2D eigenvalue weighted by molar-refractivity contribution is -0.169. The van der Waals surface area contributed by atoms with Gasteiger partial charge in [0.2, 0.25) is 0 Å². The first-order chi connectivity index (χ1) is 8.99. The van der Waals surface area contributed by atoms with Gasteiger partial charge in [-0.2, -0.15) is 0 Å². The molecule has 0 atom stereocenters. The average molecular weight is 268 g/mol.